The summed E-state index contributed by atoms with van der Waals surface area (Å²) < 4.78 is 1.81. The standard InChI is InChI=1S/C11H19N3O/c1-9(8-14-7-5-6-12-14)13-10(15)11(2,3)4/h5-7,9H,8H2,1-4H3,(H,13,15)/t9-/m1/s1. The molecule has 15 heavy (non-hydrogen) atoms. The van der Waals surface area contributed by atoms with Gasteiger partial charge in [-0.2, -0.15) is 5.10 Å². The van der Waals surface area contributed by atoms with Crippen LogP contribution in [0.4, 0.5) is 0 Å². The maximum absolute atomic E-state index is 11.7. The van der Waals surface area contributed by atoms with Gasteiger partial charge in [-0.25, -0.2) is 0 Å². The monoisotopic (exact) mass is 209 g/mol. The third-order valence-corrected chi connectivity index (χ3v) is 2.08. The number of hydrogen-bond donors (Lipinski definition) is 1. The van der Waals surface area contributed by atoms with Crippen LogP contribution in [-0.2, 0) is 11.3 Å². The smallest absolute Gasteiger partial charge is 0.225 e. The fourth-order valence-electron chi connectivity index (χ4n) is 1.17. The summed E-state index contributed by atoms with van der Waals surface area (Å²) in [6, 6.07) is 1.97. The number of hydrogen-bond acceptors (Lipinski definition) is 2. The lowest BCUT2D eigenvalue weighted by molar-refractivity contribution is -0.129. The average Bonchev–Trinajstić information content (AvgIpc) is 2.54. The molecule has 1 atom stereocenters. The van der Waals surface area contributed by atoms with Gasteiger partial charge in [0.25, 0.3) is 0 Å². The molecule has 0 radical (unpaired) electrons. The van der Waals surface area contributed by atoms with Gasteiger partial charge in [0.2, 0.25) is 5.91 Å². The van der Waals surface area contributed by atoms with Gasteiger partial charge >= 0.3 is 0 Å². The molecule has 1 rings (SSSR count). The maximum Gasteiger partial charge on any atom is 0.225 e. The van der Waals surface area contributed by atoms with Crippen molar-refractivity contribution in [2.45, 2.75) is 40.3 Å². The maximum atomic E-state index is 11.7. The number of rotatable bonds is 3. The zero-order chi connectivity index (χ0) is 11.5. The van der Waals surface area contributed by atoms with Crippen LogP contribution < -0.4 is 5.32 Å². The minimum absolute atomic E-state index is 0.0714. The van der Waals surface area contributed by atoms with E-state index in [2.05, 4.69) is 10.4 Å². The van der Waals surface area contributed by atoms with Crippen molar-refractivity contribution in [1.82, 2.24) is 15.1 Å². The molecular weight excluding hydrogens is 190 g/mol. The highest BCUT2D eigenvalue weighted by Crippen LogP contribution is 2.12. The lowest BCUT2D eigenvalue weighted by atomic mass is 9.95. The Kier molecular flexibility index (Phi) is 3.50. The molecule has 84 valence electrons. The van der Waals surface area contributed by atoms with E-state index in [1.807, 2.05) is 44.6 Å². The zero-order valence-corrected chi connectivity index (χ0v) is 9.82. The van der Waals surface area contributed by atoms with E-state index in [0.717, 1.165) is 0 Å². The van der Waals surface area contributed by atoms with Crippen LogP contribution in [0.2, 0.25) is 0 Å². The Balaban J connectivity index is 2.43. The first-order valence-electron chi connectivity index (χ1n) is 5.18. The highest BCUT2D eigenvalue weighted by atomic mass is 16.2. The highest BCUT2D eigenvalue weighted by molar-refractivity contribution is 5.81. The molecule has 4 heteroatoms. The van der Waals surface area contributed by atoms with Gasteiger partial charge in [0.15, 0.2) is 0 Å². The molecule has 0 aliphatic carbocycles. The Morgan fingerprint density at radius 3 is 2.67 bits per heavy atom. The summed E-state index contributed by atoms with van der Waals surface area (Å²) in [5.41, 5.74) is -0.335. The fraction of sp³-hybridized carbons (Fsp3) is 0.636. The quantitative estimate of drug-likeness (QED) is 0.818. The first-order valence-corrected chi connectivity index (χ1v) is 5.18. The molecule has 4 nitrogen and oxygen atoms in total. The third-order valence-electron chi connectivity index (χ3n) is 2.08. The zero-order valence-electron chi connectivity index (χ0n) is 9.82. The second-order valence-electron chi connectivity index (χ2n) is 4.85. The Bertz CT molecular complexity index is 311. The second kappa shape index (κ2) is 4.47. The van der Waals surface area contributed by atoms with Crippen LogP contribution in [0.1, 0.15) is 27.7 Å². The molecule has 0 saturated heterocycles. The normalized spacial score (nSPS) is 13.6. The summed E-state index contributed by atoms with van der Waals surface area (Å²) in [4.78, 5) is 11.7. The van der Waals surface area contributed by atoms with E-state index < -0.39 is 0 Å². The summed E-state index contributed by atoms with van der Waals surface area (Å²) in [6.45, 7) is 8.40. The van der Waals surface area contributed by atoms with Gasteiger partial charge < -0.3 is 5.32 Å². The molecular formula is C11H19N3O. The Morgan fingerprint density at radius 2 is 2.20 bits per heavy atom. The summed E-state index contributed by atoms with van der Waals surface area (Å²) in [5.74, 6) is 0.0714. The van der Waals surface area contributed by atoms with Crippen molar-refractivity contribution >= 4 is 5.91 Å². The molecule has 0 spiro atoms. The summed E-state index contributed by atoms with van der Waals surface area (Å²) in [6.07, 6.45) is 3.62. The second-order valence-corrected chi connectivity index (χ2v) is 4.85. The van der Waals surface area contributed by atoms with E-state index in [-0.39, 0.29) is 17.4 Å². The number of nitrogens with zero attached hydrogens (tertiary/aromatic N) is 2. The number of aromatic nitrogens is 2. The Labute approximate surface area is 90.7 Å². The van der Waals surface area contributed by atoms with Crippen molar-refractivity contribution in [2.75, 3.05) is 0 Å². The van der Waals surface area contributed by atoms with Gasteiger partial charge in [0, 0.05) is 23.9 Å². The fourth-order valence-corrected chi connectivity index (χ4v) is 1.17. The molecule has 0 saturated carbocycles. The molecule has 0 aromatic carbocycles. The number of nitrogens with one attached hydrogen (secondary N) is 1. The Hall–Kier alpha value is -1.32. The summed E-state index contributed by atoms with van der Waals surface area (Å²) in [5, 5.41) is 7.05. The molecule has 0 bridgehead atoms. The molecule has 0 unspecified atom stereocenters. The van der Waals surface area contributed by atoms with Crippen LogP contribution >= 0.6 is 0 Å². The van der Waals surface area contributed by atoms with Crippen LogP contribution in [0.15, 0.2) is 18.5 Å². The van der Waals surface area contributed by atoms with Gasteiger partial charge in [-0.15, -0.1) is 0 Å². The number of carbonyl (C=O) groups excluding carboxylic acids is 1. The number of amides is 1. The van der Waals surface area contributed by atoms with Gasteiger partial charge in [-0.3, -0.25) is 9.48 Å². The summed E-state index contributed by atoms with van der Waals surface area (Å²) >= 11 is 0. The SMILES string of the molecule is C[C@H](Cn1cccn1)NC(=O)C(C)(C)C. The molecule has 1 aromatic rings. The molecule has 1 amide bonds. The minimum Gasteiger partial charge on any atom is -0.351 e. The molecule has 1 aromatic heterocycles. The number of carbonyl (C=O) groups is 1. The van der Waals surface area contributed by atoms with E-state index in [0.29, 0.717) is 6.54 Å². The van der Waals surface area contributed by atoms with Crippen molar-refractivity contribution in [3.63, 3.8) is 0 Å². The third kappa shape index (κ3) is 3.73. The van der Waals surface area contributed by atoms with E-state index in [1.165, 1.54) is 0 Å². The highest BCUT2D eigenvalue weighted by Gasteiger charge is 2.22. The minimum atomic E-state index is -0.335. The lowest BCUT2D eigenvalue weighted by Gasteiger charge is -2.21. The largest absolute Gasteiger partial charge is 0.351 e. The molecule has 0 aliphatic heterocycles. The van der Waals surface area contributed by atoms with Crippen molar-refractivity contribution in [3.8, 4) is 0 Å². The van der Waals surface area contributed by atoms with Crippen molar-refractivity contribution < 1.29 is 4.79 Å². The van der Waals surface area contributed by atoms with Crippen molar-refractivity contribution in [2.24, 2.45) is 5.41 Å². The Morgan fingerprint density at radius 1 is 1.53 bits per heavy atom. The van der Waals surface area contributed by atoms with Crippen LogP contribution in [0.5, 0.6) is 0 Å². The van der Waals surface area contributed by atoms with Gasteiger partial charge in [-0.1, -0.05) is 20.8 Å². The molecule has 0 aliphatic rings. The first-order chi connectivity index (χ1) is 6.89. The van der Waals surface area contributed by atoms with E-state index >= 15 is 0 Å². The van der Waals surface area contributed by atoms with Crippen molar-refractivity contribution in [1.29, 1.82) is 0 Å². The van der Waals surface area contributed by atoms with Gasteiger partial charge in [-0.05, 0) is 13.0 Å². The molecule has 0 fully saturated rings. The van der Waals surface area contributed by atoms with Crippen LogP contribution in [0, 0.1) is 5.41 Å². The van der Waals surface area contributed by atoms with Gasteiger partial charge in [0.05, 0.1) is 6.54 Å². The van der Waals surface area contributed by atoms with Crippen LogP contribution in [-0.4, -0.2) is 21.7 Å². The topological polar surface area (TPSA) is 46.9 Å². The molecule has 1 N–H and O–H groups in total. The van der Waals surface area contributed by atoms with E-state index in [4.69, 9.17) is 0 Å². The van der Waals surface area contributed by atoms with Crippen LogP contribution in [0.3, 0.4) is 0 Å². The van der Waals surface area contributed by atoms with E-state index in [1.54, 1.807) is 6.20 Å². The molecule has 1 heterocycles. The van der Waals surface area contributed by atoms with Crippen molar-refractivity contribution in [3.05, 3.63) is 18.5 Å². The lowest BCUT2D eigenvalue weighted by Crippen LogP contribution is -2.42. The van der Waals surface area contributed by atoms with E-state index in [9.17, 15) is 4.79 Å². The summed E-state index contributed by atoms with van der Waals surface area (Å²) in [7, 11) is 0. The predicted molar refractivity (Wildman–Crippen MR) is 59.3 cm³/mol. The average molecular weight is 209 g/mol. The predicted octanol–water partition coefficient (Wildman–Crippen LogP) is 1.43. The van der Waals surface area contributed by atoms with Gasteiger partial charge in [0.1, 0.15) is 0 Å². The first kappa shape index (κ1) is 11.8. The van der Waals surface area contributed by atoms with Crippen LogP contribution in [0.25, 0.3) is 0 Å².